The summed E-state index contributed by atoms with van der Waals surface area (Å²) in [6.07, 6.45) is 6.28. The van der Waals surface area contributed by atoms with E-state index in [2.05, 4.69) is 10.2 Å². The average Bonchev–Trinajstić information content (AvgIpc) is 2.84. The fourth-order valence-corrected chi connectivity index (χ4v) is 3.47. The topological polar surface area (TPSA) is 49.4 Å². The molecule has 5 heteroatoms. The molecule has 0 aromatic heterocycles. The molecule has 2 unspecified atom stereocenters. The summed E-state index contributed by atoms with van der Waals surface area (Å²) in [4.78, 5) is 2.37. The van der Waals surface area contributed by atoms with Crippen molar-refractivity contribution in [3.8, 4) is 0 Å². The molecule has 94 valence electrons. The Morgan fingerprint density at radius 2 is 2.12 bits per heavy atom. The summed E-state index contributed by atoms with van der Waals surface area (Å²) < 4.78 is 22.3. The lowest BCUT2D eigenvalue weighted by molar-refractivity contribution is 0.225. The van der Waals surface area contributed by atoms with Crippen LogP contribution in [-0.4, -0.2) is 57.0 Å². The molecule has 0 saturated carbocycles. The van der Waals surface area contributed by atoms with Crippen LogP contribution in [0.4, 0.5) is 0 Å². The van der Waals surface area contributed by atoms with Crippen LogP contribution in [0.5, 0.6) is 0 Å². The monoisotopic (exact) mass is 246 g/mol. The van der Waals surface area contributed by atoms with Gasteiger partial charge in [-0.2, -0.15) is 0 Å². The van der Waals surface area contributed by atoms with Crippen LogP contribution in [0.3, 0.4) is 0 Å². The van der Waals surface area contributed by atoms with Crippen LogP contribution in [-0.2, 0) is 9.84 Å². The fraction of sp³-hybridized carbons (Fsp3) is 1.00. The van der Waals surface area contributed by atoms with E-state index in [9.17, 15) is 8.42 Å². The molecular weight excluding hydrogens is 224 g/mol. The van der Waals surface area contributed by atoms with Gasteiger partial charge in [-0.3, -0.25) is 4.90 Å². The summed E-state index contributed by atoms with van der Waals surface area (Å²) in [5.74, 6) is 0.302. The highest BCUT2D eigenvalue weighted by Gasteiger charge is 2.33. The smallest absolute Gasteiger partial charge is 0.148 e. The predicted molar refractivity (Wildman–Crippen MR) is 65.3 cm³/mol. The van der Waals surface area contributed by atoms with E-state index in [1.54, 1.807) is 0 Å². The number of nitrogens with one attached hydrogen (secondary N) is 1. The van der Waals surface area contributed by atoms with Crippen molar-refractivity contribution in [3.05, 3.63) is 0 Å². The van der Waals surface area contributed by atoms with E-state index < -0.39 is 9.84 Å². The Morgan fingerprint density at radius 1 is 1.31 bits per heavy atom. The lowest BCUT2D eigenvalue weighted by Gasteiger charge is -2.29. The van der Waals surface area contributed by atoms with Crippen molar-refractivity contribution in [1.82, 2.24) is 10.2 Å². The van der Waals surface area contributed by atoms with Crippen molar-refractivity contribution in [1.29, 1.82) is 0 Å². The van der Waals surface area contributed by atoms with Crippen LogP contribution in [0.15, 0.2) is 0 Å². The summed E-state index contributed by atoms with van der Waals surface area (Å²) in [5, 5.41) is 3.53. The number of rotatable bonds is 4. The van der Waals surface area contributed by atoms with Crippen molar-refractivity contribution >= 4 is 9.84 Å². The zero-order valence-electron chi connectivity index (χ0n) is 9.98. The van der Waals surface area contributed by atoms with E-state index in [0.29, 0.717) is 24.4 Å². The molecule has 1 N–H and O–H groups in total. The number of nitrogens with zero attached hydrogens (tertiary/aromatic N) is 1. The molecule has 0 aromatic rings. The molecule has 2 heterocycles. The Balaban J connectivity index is 1.87. The molecule has 0 aliphatic carbocycles. The van der Waals surface area contributed by atoms with Crippen molar-refractivity contribution < 1.29 is 8.42 Å². The Hall–Kier alpha value is -0.130. The molecule has 0 radical (unpaired) electrons. The van der Waals surface area contributed by atoms with Gasteiger partial charge in [-0.25, -0.2) is 8.42 Å². The molecule has 2 fully saturated rings. The van der Waals surface area contributed by atoms with Gasteiger partial charge in [0.2, 0.25) is 0 Å². The first-order valence-corrected chi connectivity index (χ1v) is 8.27. The highest BCUT2D eigenvalue weighted by atomic mass is 32.2. The molecular formula is C11H22N2O2S. The van der Waals surface area contributed by atoms with Crippen LogP contribution < -0.4 is 5.32 Å². The largest absolute Gasteiger partial charge is 0.312 e. The first-order chi connectivity index (χ1) is 7.56. The molecule has 4 nitrogen and oxygen atoms in total. The summed E-state index contributed by atoms with van der Waals surface area (Å²) in [7, 11) is -2.82. The molecule has 0 bridgehead atoms. The predicted octanol–water partition coefficient (Wildman–Crippen LogP) is 0.247. The molecule has 16 heavy (non-hydrogen) atoms. The van der Waals surface area contributed by atoms with Gasteiger partial charge in [0.05, 0.1) is 5.75 Å². The second-order valence-electron chi connectivity index (χ2n) is 5.08. The van der Waals surface area contributed by atoms with E-state index >= 15 is 0 Å². The van der Waals surface area contributed by atoms with Gasteiger partial charge in [-0.05, 0) is 38.8 Å². The van der Waals surface area contributed by atoms with Gasteiger partial charge in [-0.1, -0.05) is 0 Å². The third kappa shape index (κ3) is 3.18. The maximum Gasteiger partial charge on any atom is 0.148 e. The average molecular weight is 246 g/mol. The van der Waals surface area contributed by atoms with E-state index in [1.807, 2.05) is 0 Å². The van der Waals surface area contributed by atoms with Crippen LogP contribution in [0, 0.1) is 0 Å². The summed E-state index contributed by atoms with van der Waals surface area (Å²) >= 11 is 0. The van der Waals surface area contributed by atoms with Crippen LogP contribution in [0.25, 0.3) is 0 Å². The van der Waals surface area contributed by atoms with Crippen LogP contribution in [0.1, 0.15) is 25.7 Å². The standard InChI is InChI=1S/C11H22N2O2S/c1-16(14,15)9-8-13-7-3-5-11(13)10-4-2-6-12-10/h10-12H,2-9H2,1H3. The second-order valence-corrected chi connectivity index (χ2v) is 7.34. The Kier molecular flexibility index (Phi) is 3.87. The maximum absolute atomic E-state index is 11.2. The number of hydrogen-bond acceptors (Lipinski definition) is 4. The van der Waals surface area contributed by atoms with Crippen molar-refractivity contribution in [2.24, 2.45) is 0 Å². The van der Waals surface area contributed by atoms with E-state index in [-0.39, 0.29) is 0 Å². The van der Waals surface area contributed by atoms with E-state index in [0.717, 1.165) is 13.1 Å². The third-order valence-electron chi connectivity index (χ3n) is 3.73. The van der Waals surface area contributed by atoms with Gasteiger partial charge in [0.15, 0.2) is 0 Å². The fourth-order valence-electron chi connectivity index (χ4n) is 2.91. The minimum Gasteiger partial charge on any atom is -0.312 e. The Labute approximate surface area is 98.3 Å². The van der Waals surface area contributed by atoms with Gasteiger partial charge in [0, 0.05) is 24.9 Å². The van der Waals surface area contributed by atoms with Crippen LogP contribution >= 0.6 is 0 Å². The number of sulfone groups is 1. The van der Waals surface area contributed by atoms with Gasteiger partial charge in [0.25, 0.3) is 0 Å². The molecule has 2 atom stereocenters. The van der Waals surface area contributed by atoms with Crippen LogP contribution in [0.2, 0.25) is 0 Å². The SMILES string of the molecule is CS(=O)(=O)CCN1CCCC1C1CCCN1. The zero-order valence-corrected chi connectivity index (χ0v) is 10.8. The summed E-state index contributed by atoms with van der Waals surface area (Å²) in [6.45, 7) is 2.90. The minimum absolute atomic E-state index is 0.302. The third-order valence-corrected chi connectivity index (χ3v) is 4.65. The maximum atomic E-state index is 11.2. The number of hydrogen-bond donors (Lipinski definition) is 1. The second kappa shape index (κ2) is 5.02. The molecule has 0 amide bonds. The molecule has 2 saturated heterocycles. The molecule has 0 spiro atoms. The summed E-state index contributed by atoms with van der Waals surface area (Å²) in [6, 6.07) is 1.17. The van der Waals surface area contributed by atoms with E-state index in [1.165, 1.54) is 31.9 Å². The summed E-state index contributed by atoms with van der Waals surface area (Å²) in [5.41, 5.74) is 0. The Bertz CT molecular complexity index is 323. The van der Waals surface area contributed by atoms with Crippen molar-refractivity contribution in [2.45, 2.75) is 37.8 Å². The molecule has 2 aliphatic heterocycles. The molecule has 2 aliphatic rings. The van der Waals surface area contributed by atoms with Crippen molar-refractivity contribution in [3.63, 3.8) is 0 Å². The highest BCUT2D eigenvalue weighted by molar-refractivity contribution is 7.90. The minimum atomic E-state index is -2.82. The normalized spacial score (nSPS) is 32.3. The van der Waals surface area contributed by atoms with Gasteiger partial charge in [0.1, 0.15) is 9.84 Å². The Morgan fingerprint density at radius 3 is 2.75 bits per heavy atom. The van der Waals surface area contributed by atoms with Gasteiger partial charge < -0.3 is 5.32 Å². The zero-order chi connectivity index (χ0) is 11.6. The molecule has 2 rings (SSSR count). The molecule has 0 aromatic carbocycles. The number of likely N-dealkylation sites (tertiary alicyclic amines) is 1. The van der Waals surface area contributed by atoms with Gasteiger partial charge >= 0.3 is 0 Å². The lowest BCUT2D eigenvalue weighted by atomic mass is 10.0. The van der Waals surface area contributed by atoms with E-state index in [4.69, 9.17) is 0 Å². The van der Waals surface area contributed by atoms with Gasteiger partial charge in [-0.15, -0.1) is 0 Å². The first kappa shape index (κ1) is 12.3. The van der Waals surface area contributed by atoms with Crippen molar-refractivity contribution in [2.75, 3.05) is 31.6 Å². The lowest BCUT2D eigenvalue weighted by Crippen LogP contribution is -2.45. The quantitative estimate of drug-likeness (QED) is 0.772. The first-order valence-electron chi connectivity index (χ1n) is 6.21. The highest BCUT2D eigenvalue weighted by Crippen LogP contribution is 2.24.